The van der Waals surface area contributed by atoms with E-state index in [0.29, 0.717) is 13.1 Å². The molecule has 0 saturated carbocycles. The molecule has 17 heavy (non-hydrogen) atoms. The van der Waals surface area contributed by atoms with Gasteiger partial charge in [-0.15, -0.1) is 0 Å². The van der Waals surface area contributed by atoms with Crippen LogP contribution in [0.1, 0.15) is 41.5 Å². The Morgan fingerprint density at radius 2 is 1.53 bits per heavy atom. The molecule has 98 valence electrons. The van der Waals surface area contributed by atoms with Gasteiger partial charge in [0, 0.05) is 18.5 Å². The molecule has 1 amide bonds. The lowest BCUT2D eigenvalue weighted by atomic mass is 9.80. The highest BCUT2D eigenvalue weighted by atomic mass is 16.6. The van der Waals surface area contributed by atoms with Crippen LogP contribution in [0.15, 0.2) is 0 Å². The lowest BCUT2D eigenvalue weighted by Gasteiger charge is -2.41. The van der Waals surface area contributed by atoms with Crippen molar-refractivity contribution < 1.29 is 14.3 Å². The third-order valence-electron chi connectivity index (χ3n) is 2.64. The third kappa shape index (κ3) is 3.72. The van der Waals surface area contributed by atoms with Crippen LogP contribution in [0.4, 0.5) is 4.79 Å². The van der Waals surface area contributed by atoms with Crippen LogP contribution in [0.5, 0.6) is 0 Å². The highest BCUT2D eigenvalue weighted by molar-refractivity contribution is 5.88. The standard InChI is InChI=1S/C13H23NO3/c1-12(2,3)10(15)9-7-14(8-9)11(16)17-13(4,5)6/h9H,7-8H2,1-6H3. The summed E-state index contributed by atoms with van der Waals surface area (Å²) in [6, 6.07) is 0. The Bertz CT molecular complexity index is 317. The average molecular weight is 241 g/mol. The topological polar surface area (TPSA) is 46.6 Å². The highest BCUT2D eigenvalue weighted by Crippen LogP contribution is 2.27. The van der Waals surface area contributed by atoms with Crippen molar-refractivity contribution in [3.05, 3.63) is 0 Å². The zero-order valence-corrected chi connectivity index (χ0v) is 11.7. The molecule has 0 spiro atoms. The molecule has 1 aliphatic heterocycles. The minimum Gasteiger partial charge on any atom is -0.444 e. The van der Waals surface area contributed by atoms with Crippen LogP contribution in [0.2, 0.25) is 0 Å². The number of amides is 1. The van der Waals surface area contributed by atoms with Gasteiger partial charge in [-0.05, 0) is 20.8 Å². The van der Waals surface area contributed by atoms with Gasteiger partial charge in [0.05, 0.1) is 5.92 Å². The number of Topliss-reactive ketones (excluding diaryl/α,β-unsaturated/α-hetero) is 1. The SMILES string of the molecule is CC(C)(C)OC(=O)N1CC(C(=O)C(C)(C)C)C1. The fraction of sp³-hybridized carbons (Fsp3) is 0.846. The highest BCUT2D eigenvalue weighted by Gasteiger charge is 2.41. The molecule has 1 saturated heterocycles. The van der Waals surface area contributed by atoms with E-state index in [1.807, 2.05) is 41.5 Å². The molecule has 0 unspecified atom stereocenters. The maximum atomic E-state index is 11.9. The smallest absolute Gasteiger partial charge is 0.410 e. The molecule has 0 aromatic rings. The predicted molar refractivity (Wildman–Crippen MR) is 65.8 cm³/mol. The zero-order chi connectivity index (χ0) is 13.4. The second kappa shape index (κ2) is 4.31. The molecule has 1 heterocycles. The number of hydrogen-bond acceptors (Lipinski definition) is 3. The quantitative estimate of drug-likeness (QED) is 0.708. The van der Waals surface area contributed by atoms with Gasteiger partial charge < -0.3 is 9.64 Å². The maximum Gasteiger partial charge on any atom is 0.410 e. The second-order valence-corrected chi connectivity index (χ2v) is 6.70. The van der Waals surface area contributed by atoms with Crippen LogP contribution in [0.25, 0.3) is 0 Å². The molecule has 1 aliphatic rings. The van der Waals surface area contributed by atoms with E-state index in [-0.39, 0.29) is 23.2 Å². The molecule has 0 atom stereocenters. The van der Waals surface area contributed by atoms with Gasteiger partial charge in [0.1, 0.15) is 11.4 Å². The minimum absolute atomic E-state index is 0.0254. The lowest BCUT2D eigenvalue weighted by Crippen LogP contribution is -2.56. The van der Waals surface area contributed by atoms with Gasteiger partial charge in [0.15, 0.2) is 0 Å². The van der Waals surface area contributed by atoms with E-state index in [2.05, 4.69) is 0 Å². The average Bonchev–Trinajstić information content (AvgIpc) is 1.94. The fourth-order valence-corrected chi connectivity index (χ4v) is 1.73. The summed E-state index contributed by atoms with van der Waals surface area (Å²) in [6.07, 6.45) is -0.324. The fourth-order valence-electron chi connectivity index (χ4n) is 1.73. The summed E-state index contributed by atoms with van der Waals surface area (Å²) in [6.45, 7) is 12.2. The van der Waals surface area contributed by atoms with Crippen LogP contribution >= 0.6 is 0 Å². The van der Waals surface area contributed by atoms with Gasteiger partial charge in [0.2, 0.25) is 0 Å². The first-order chi connectivity index (χ1) is 7.50. The molecule has 0 radical (unpaired) electrons. The van der Waals surface area contributed by atoms with Gasteiger partial charge in [-0.25, -0.2) is 4.79 Å². The number of ketones is 1. The molecule has 1 rings (SSSR count). The molecule has 0 aromatic carbocycles. The van der Waals surface area contributed by atoms with Crippen LogP contribution in [-0.4, -0.2) is 35.5 Å². The van der Waals surface area contributed by atoms with Gasteiger partial charge in [-0.2, -0.15) is 0 Å². The van der Waals surface area contributed by atoms with Crippen molar-refractivity contribution in [3.8, 4) is 0 Å². The maximum absolute atomic E-state index is 11.9. The second-order valence-electron chi connectivity index (χ2n) is 6.70. The Morgan fingerprint density at radius 1 is 1.06 bits per heavy atom. The van der Waals surface area contributed by atoms with Crippen LogP contribution in [0, 0.1) is 11.3 Å². The molecular formula is C13H23NO3. The summed E-state index contributed by atoms with van der Waals surface area (Å²) in [5, 5.41) is 0. The number of ether oxygens (including phenoxy) is 1. The third-order valence-corrected chi connectivity index (χ3v) is 2.64. The van der Waals surface area contributed by atoms with Crippen LogP contribution in [0.3, 0.4) is 0 Å². The number of carbonyl (C=O) groups is 2. The van der Waals surface area contributed by atoms with E-state index in [1.165, 1.54) is 0 Å². The Balaban J connectivity index is 2.42. The van der Waals surface area contributed by atoms with E-state index in [1.54, 1.807) is 4.90 Å². The summed E-state index contributed by atoms with van der Waals surface area (Å²) >= 11 is 0. The van der Waals surface area contributed by atoms with Gasteiger partial charge in [-0.1, -0.05) is 20.8 Å². The Morgan fingerprint density at radius 3 is 1.88 bits per heavy atom. The lowest BCUT2D eigenvalue weighted by molar-refractivity contribution is -0.135. The molecule has 0 bridgehead atoms. The first-order valence-corrected chi connectivity index (χ1v) is 6.03. The normalized spacial score (nSPS) is 17.6. The molecule has 0 N–H and O–H groups in total. The van der Waals surface area contributed by atoms with E-state index in [0.717, 1.165) is 0 Å². The van der Waals surface area contributed by atoms with E-state index in [4.69, 9.17) is 4.74 Å². The van der Waals surface area contributed by atoms with Crippen molar-refractivity contribution in [1.82, 2.24) is 4.90 Å². The molecule has 1 fully saturated rings. The molecule has 0 aliphatic carbocycles. The largest absolute Gasteiger partial charge is 0.444 e. The van der Waals surface area contributed by atoms with Gasteiger partial charge >= 0.3 is 6.09 Å². The first-order valence-electron chi connectivity index (χ1n) is 6.03. The summed E-state index contributed by atoms with van der Waals surface area (Å²) in [7, 11) is 0. The van der Waals surface area contributed by atoms with Crippen molar-refractivity contribution >= 4 is 11.9 Å². The summed E-state index contributed by atoms with van der Waals surface area (Å²) in [5.41, 5.74) is -0.805. The van der Waals surface area contributed by atoms with Crippen molar-refractivity contribution in [2.24, 2.45) is 11.3 Å². The Hall–Kier alpha value is -1.06. The number of likely N-dealkylation sites (tertiary alicyclic amines) is 1. The number of hydrogen-bond donors (Lipinski definition) is 0. The predicted octanol–water partition coefficient (Wildman–Crippen LogP) is 2.47. The van der Waals surface area contributed by atoms with Crippen LogP contribution in [-0.2, 0) is 9.53 Å². The summed E-state index contributed by atoms with van der Waals surface area (Å²) in [4.78, 5) is 25.2. The van der Waals surface area contributed by atoms with Gasteiger partial charge in [0.25, 0.3) is 0 Å². The van der Waals surface area contributed by atoms with Crippen molar-refractivity contribution in [1.29, 1.82) is 0 Å². The van der Waals surface area contributed by atoms with E-state index < -0.39 is 5.60 Å². The van der Waals surface area contributed by atoms with E-state index >= 15 is 0 Å². The molecule has 4 heteroatoms. The van der Waals surface area contributed by atoms with Gasteiger partial charge in [-0.3, -0.25) is 4.79 Å². The van der Waals surface area contributed by atoms with E-state index in [9.17, 15) is 9.59 Å². The number of nitrogens with zero attached hydrogens (tertiary/aromatic N) is 1. The van der Waals surface area contributed by atoms with Crippen LogP contribution < -0.4 is 0 Å². The minimum atomic E-state index is -0.476. The van der Waals surface area contributed by atoms with Crippen molar-refractivity contribution in [3.63, 3.8) is 0 Å². The Kier molecular flexibility index (Phi) is 3.55. The van der Waals surface area contributed by atoms with Crippen molar-refractivity contribution in [2.75, 3.05) is 13.1 Å². The number of rotatable bonds is 1. The monoisotopic (exact) mass is 241 g/mol. The van der Waals surface area contributed by atoms with Crippen molar-refractivity contribution in [2.45, 2.75) is 47.1 Å². The molecule has 4 nitrogen and oxygen atoms in total. The first kappa shape index (κ1) is 14.0. The summed E-state index contributed by atoms with van der Waals surface area (Å²) in [5.74, 6) is 0.194. The zero-order valence-electron chi connectivity index (χ0n) is 11.7. The molecular weight excluding hydrogens is 218 g/mol. The summed E-state index contributed by atoms with van der Waals surface area (Å²) < 4.78 is 5.23. The molecule has 0 aromatic heterocycles. The number of carbonyl (C=O) groups excluding carboxylic acids is 2. The Labute approximate surface area is 103 Å².